The summed E-state index contributed by atoms with van der Waals surface area (Å²) in [7, 11) is 3.42. The van der Waals surface area contributed by atoms with E-state index in [0.29, 0.717) is 24.1 Å². The van der Waals surface area contributed by atoms with Crippen LogP contribution in [0.5, 0.6) is 5.75 Å². The normalized spacial score (nSPS) is 10.7. The molecule has 0 unspecified atom stereocenters. The standard InChI is InChI=1S/C21H24N4O3S/c1-5-10-25-20(18-9-11-28-15(18)2)22-23-21(25)29-14-19(26)24(3)13-16-7-6-8-17(12-16)27-4/h5-9,11-12H,1,10,13-14H2,2-4H3. The summed E-state index contributed by atoms with van der Waals surface area (Å²) < 4.78 is 12.6. The van der Waals surface area contributed by atoms with Crippen molar-refractivity contribution in [1.29, 1.82) is 0 Å². The number of nitrogens with zero attached hydrogens (tertiary/aromatic N) is 4. The zero-order valence-electron chi connectivity index (χ0n) is 16.8. The third-order valence-corrected chi connectivity index (χ3v) is 5.38. The highest BCUT2D eigenvalue weighted by Gasteiger charge is 2.18. The molecule has 0 atom stereocenters. The number of allylic oxidation sites excluding steroid dienone is 1. The van der Waals surface area contributed by atoms with Crippen LogP contribution in [0.15, 0.2) is 58.8 Å². The largest absolute Gasteiger partial charge is 0.497 e. The van der Waals surface area contributed by atoms with Crippen LogP contribution in [0, 0.1) is 6.92 Å². The number of carbonyl (C=O) groups is 1. The number of amides is 1. The van der Waals surface area contributed by atoms with Gasteiger partial charge in [0.25, 0.3) is 0 Å². The third kappa shape index (κ3) is 4.89. The first kappa shape index (κ1) is 20.7. The fraction of sp³-hybridized carbons (Fsp3) is 0.286. The molecule has 7 nitrogen and oxygen atoms in total. The van der Waals surface area contributed by atoms with E-state index in [9.17, 15) is 4.79 Å². The van der Waals surface area contributed by atoms with Crippen LogP contribution in [0.4, 0.5) is 0 Å². The molecule has 2 heterocycles. The SMILES string of the molecule is C=CCn1c(SCC(=O)N(C)Cc2cccc(OC)c2)nnc1-c1ccoc1C. The highest BCUT2D eigenvalue weighted by molar-refractivity contribution is 7.99. The lowest BCUT2D eigenvalue weighted by Crippen LogP contribution is -2.27. The summed E-state index contributed by atoms with van der Waals surface area (Å²) in [6.45, 7) is 6.75. The van der Waals surface area contributed by atoms with Crippen LogP contribution in [-0.4, -0.2) is 45.5 Å². The number of ether oxygens (including phenoxy) is 1. The van der Waals surface area contributed by atoms with E-state index in [2.05, 4.69) is 16.8 Å². The molecule has 3 rings (SSSR count). The number of rotatable bonds is 9. The van der Waals surface area contributed by atoms with E-state index in [-0.39, 0.29) is 11.7 Å². The quantitative estimate of drug-likeness (QED) is 0.393. The number of aryl methyl sites for hydroxylation is 1. The molecule has 3 aromatic rings. The average Bonchev–Trinajstić information content (AvgIpc) is 3.32. The van der Waals surface area contributed by atoms with Crippen LogP contribution in [0.3, 0.4) is 0 Å². The average molecular weight is 413 g/mol. The molecule has 0 aliphatic heterocycles. The van der Waals surface area contributed by atoms with Crippen molar-refractivity contribution in [3.05, 3.63) is 60.6 Å². The van der Waals surface area contributed by atoms with Crippen LogP contribution in [0.1, 0.15) is 11.3 Å². The zero-order chi connectivity index (χ0) is 20.8. The van der Waals surface area contributed by atoms with E-state index in [1.165, 1.54) is 11.8 Å². The Balaban J connectivity index is 1.67. The number of benzene rings is 1. The molecule has 0 aliphatic rings. The topological polar surface area (TPSA) is 73.4 Å². The number of hydrogen-bond donors (Lipinski definition) is 0. The molecule has 0 spiro atoms. The van der Waals surface area contributed by atoms with Crippen molar-refractivity contribution in [2.75, 3.05) is 19.9 Å². The van der Waals surface area contributed by atoms with Crippen molar-refractivity contribution >= 4 is 17.7 Å². The number of carbonyl (C=O) groups excluding carboxylic acids is 1. The molecule has 0 aliphatic carbocycles. The van der Waals surface area contributed by atoms with Gasteiger partial charge in [-0.1, -0.05) is 30.0 Å². The van der Waals surface area contributed by atoms with Gasteiger partial charge >= 0.3 is 0 Å². The molecule has 0 saturated carbocycles. The Kier molecular flexibility index (Phi) is 6.77. The smallest absolute Gasteiger partial charge is 0.233 e. The Morgan fingerprint density at radius 3 is 2.90 bits per heavy atom. The minimum absolute atomic E-state index is 0.00650. The van der Waals surface area contributed by atoms with Crippen LogP contribution < -0.4 is 4.74 Å². The van der Waals surface area contributed by atoms with E-state index in [1.807, 2.05) is 41.8 Å². The van der Waals surface area contributed by atoms with E-state index in [1.54, 1.807) is 31.4 Å². The van der Waals surface area contributed by atoms with Crippen molar-refractivity contribution in [2.24, 2.45) is 0 Å². The molecular formula is C21H24N4O3S. The van der Waals surface area contributed by atoms with Crippen molar-refractivity contribution in [3.8, 4) is 17.1 Å². The summed E-state index contributed by atoms with van der Waals surface area (Å²) >= 11 is 1.36. The number of aromatic nitrogens is 3. The second kappa shape index (κ2) is 9.47. The van der Waals surface area contributed by atoms with Gasteiger partial charge in [-0.15, -0.1) is 16.8 Å². The second-order valence-electron chi connectivity index (χ2n) is 6.49. The fourth-order valence-corrected chi connectivity index (χ4v) is 3.76. The van der Waals surface area contributed by atoms with E-state index in [4.69, 9.17) is 9.15 Å². The van der Waals surface area contributed by atoms with Crippen molar-refractivity contribution in [2.45, 2.75) is 25.2 Å². The molecule has 152 valence electrons. The highest BCUT2D eigenvalue weighted by Crippen LogP contribution is 2.27. The Morgan fingerprint density at radius 2 is 2.21 bits per heavy atom. The molecule has 2 aromatic heterocycles. The van der Waals surface area contributed by atoms with Gasteiger partial charge in [0.2, 0.25) is 5.91 Å². The molecule has 8 heteroatoms. The van der Waals surface area contributed by atoms with Gasteiger partial charge < -0.3 is 14.1 Å². The maximum Gasteiger partial charge on any atom is 0.233 e. The van der Waals surface area contributed by atoms with E-state index >= 15 is 0 Å². The lowest BCUT2D eigenvalue weighted by molar-refractivity contribution is -0.127. The first-order valence-electron chi connectivity index (χ1n) is 9.11. The summed E-state index contributed by atoms with van der Waals surface area (Å²) in [5, 5.41) is 9.23. The monoisotopic (exact) mass is 412 g/mol. The number of hydrogen-bond acceptors (Lipinski definition) is 6. The molecule has 0 saturated heterocycles. The van der Waals surface area contributed by atoms with Gasteiger partial charge in [0, 0.05) is 20.1 Å². The van der Waals surface area contributed by atoms with Gasteiger partial charge in [-0.05, 0) is 30.7 Å². The number of furan rings is 1. The summed E-state index contributed by atoms with van der Waals surface area (Å²) in [6, 6.07) is 9.56. The zero-order valence-corrected chi connectivity index (χ0v) is 17.6. The van der Waals surface area contributed by atoms with Gasteiger partial charge in [-0.25, -0.2) is 0 Å². The Labute approximate surface area is 174 Å². The summed E-state index contributed by atoms with van der Waals surface area (Å²) in [4.78, 5) is 14.3. The van der Waals surface area contributed by atoms with Gasteiger partial charge in [-0.3, -0.25) is 9.36 Å². The van der Waals surface area contributed by atoms with E-state index in [0.717, 1.165) is 22.6 Å². The van der Waals surface area contributed by atoms with Crippen molar-refractivity contribution < 1.29 is 13.9 Å². The van der Waals surface area contributed by atoms with E-state index < -0.39 is 0 Å². The molecule has 0 N–H and O–H groups in total. The first-order chi connectivity index (χ1) is 14.0. The molecule has 1 aromatic carbocycles. The minimum Gasteiger partial charge on any atom is -0.497 e. The van der Waals surface area contributed by atoms with Crippen LogP contribution in [0.25, 0.3) is 11.4 Å². The van der Waals surface area contributed by atoms with Gasteiger partial charge in [0.1, 0.15) is 11.5 Å². The lowest BCUT2D eigenvalue weighted by Gasteiger charge is -2.17. The molecular weight excluding hydrogens is 388 g/mol. The Bertz CT molecular complexity index is 995. The third-order valence-electron chi connectivity index (χ3n) is 4.43. The predicted octanol–water partition coefficient (Wildman–Crippen LogP) is 3.79. The Hall–Kier alpha value is -3.00. The number of thioether (sulfide) groups is 1. The van der Waals surface area contributed by atoms with Crippen molar-refractivity contribution in [1.82, 2.24) is 19.7 Å². The molecule has 29 heavy (non-hydrogen) atoms. The fourth-order valence-electron chi connectivity index (χ4n) is 2.87. The Morgan fingerprint density at radius 1 is 1.38 bits per heavy atom. The van der Waals surface area contributed by atoms with Crippen LogP contribution >= 0.6 is 11.8 Å². The van der Waals surface area contributed by atoms with Gasteiger partial charge in [-0.2, -0.15) is 0 Å². The molecule has 0 fully saturated rings. The lowest BCUT2D eigenvalue weighted by atomic mass is 10.2. The van der Waals surface area contributed by atoms with Crippen LogP contribution in [-0.2, 0) is 17.9 Å². The maximum atomic E-state index is 12.6. The molecule has 0 radical (unpaired) electrons. The van der Waals surface area contributed by atoms with Gasteiger partial charge in [0.15, 0.2) is 11.0 Å². The summed E-state index contributed by atoms with van der Waals surface area (Å²) in [5.41, 5.74) is 1.89. The maximum absolute atomic E-state index is 12.6. The number of methoxy groups -OCH3 is 1. The predicted molar refractivity (Wildman–Crippen MR) is 113 cm³/mol. The summed E-state index contributed by atoms with van der Waals surface area (Å²) in [5.74, 6) is 2.52. The minimum atomic E-state index is 0.00650. The van der Waals surface area contributed by atoms with Gasteiger partial charge in [0.05, 0.1) is 24.7 Å². The summed E-state index contributed by atoms with van der Waals surface area (Å²) in [6.07, 6.45) is 3.41. The molecule has 0 bridgehead atoms. The second-order valence-corrected chi connectivity index (χ2v) is 7.43. The van der Waals surface area contributed by atoms with Crippen LogP contribution in [0.2, 0.25) is 0 Å². The highest BCUT2D eigenvalue weighted by atomic mass is 32.2. The first-order valence-corrected chi connectivity index (χ1v) is 10.1. The van der Waals surface area contributed by atoms with Crippen molar-refractivity contribution in [3.63, 3.8) is 0 Å². The molecule has 1 amide bonds.